The molecule has 6 nitrogen and oxygen atoms in total. The normalized spacial score (nSPS) is 17.5. The number of carbonyl (C=O) groups excluding carboxylic acids is 1. The second-order valence-electron chi connectivity index (χ2n) is 6.81. The van der Waals surface area contributed by atoms with Gasteiger partial charge < -0.3 is 15.2 Å². The predicted octanol–water partition coefficient (Wildman–Crippen LogP) is 2.90. The van der Waals surface area contributed by atoms with Gasteiger partial charge in [-0.25, -0.2) is 0 Å². The van der Waals surface area contributed by atoms with Crippen LogP contribution in [0.2, 0.25) is 5.02 Å². The molecule has 140 valence electrons. The molecular weight excluding hydrogens is 352 g/mol. The fourth-order valence-electron chi connectivity index (χ4n) is 3.34. The number of hydrogen-bond donors (Lipinski definition) is 1. The summed E-state index contributed by atoms with van der Waals surface area (Å²) in [7, 11) is 0. The monoisotopic (exact) mass is 377 g/mol. The number of aromatic nitrogens is 2. The summed E-state index contributed by atoms with van der Waals surface area (Å²) in [4.78, 5) is 18.9. The van der Waals surface area contributed by atoms with Gasteiger partial charge in [-0.3, -0.25) is 4.79 Å². The third kappa shape index (κ3) is 4.83. The summed E-state index contributed by atoms with van der Waals surface area (Å²) < 4.78 is 5.49. The van der Waals surface area contributed by atoms with Gasteiger partial charge in [0.1, 0.15) is 0 Å². The molecule has 0 bridgehead atoms. The van der Waals surface area contributed by atoms with Crippen molar-refractivity contribution in [3.63, 3.8) is 0 Å². The Kier molecular flexibility index (Phi) is 6.63. The lowest BCUT2D eigenvalue weighted by molar-refractivity contribution is -0.368. The van der Waals surface area contributed by atoms with E-state index in [1.807, 2.05) is 29.2 Å². The number of benzene rings is 1. The van der Waals surface area contributed by atoms with Crippen LogP contribution in [0.4, 0.5) is 0 Å². The van der Waals surface area contributed by atoms with E-state index in [0.717, 1.165) is 50.8 Å². The lowest BCUT2D eigenvalue weighted by Gasteiger charge is -2.31. The lowest BCUT2D eigenvalue weighted by atomic mass is 9.97. The topological polar surface area (TPSA) is 86.9 Å². The molecule has 1 fully saturated rings. The average molecular weight is 378 g/mol. The molecule has 1 amide bonds. The molecule has 1 aromatic heterocycles. The third-order valence-electron chi connectivity index (χ3n) is 4.79. The Balaban J connectivity index is 1.60. The fraction of sp³-hybridized carbons (Fsp3) is 0.526. The Labute approximate surface area is 158 Å². The maximum Gasteiger partial charge on any atom is 0.231 e. The van der Waals surface area contributed by atoms with Gasteiger partial charge in [0, 0.05) is 30.1 Å². The van der Waals surface area contributed by atoms with E-state index in [1.165, 1.54) is 0 Å². The van der Waals surface area contributed by atoms with Crippen molar-refractivity contribution < 1.29 is 15.1 Å². The lowest BCUT2D eigenvalue weighted by Crippen LogP contribution is -2.50. The van der Waals surface area contributed by atoms with Crippen LogP contribution in [0.5, 0.6) is 0 Å². The SMILES string of the molecule is [NH3+]CCCCCC(=O)N1CCC[C@H](c2nc(-c3cccc(Cl)c3)no2)C1. The molecule has 0 spiro atoms. The van der Waals surface area contributed by atoms with E-state index in [4.69, 9.17) is 16.1 Å². The molecular formula is C19H26ClN4O2+. The first-order valence-corrected chi connectivity index (χ1v) is 9.71. The van der Waals surface area contributed by atoms with E-state index >= 15 is 0 Å². The number of hydrogen-bond acceptors (Lipinski definition) is 4. The highest BCUT2D eigenvalue weighted by Crippen LogP contribution is 2.28. The summed E-state index contributed by atoms with van der Waals surface area (Å²) in [5.41, 5.74) is 4.67. The van der Waals surface area contributed by atoms with Crippen LogP contribution in [0, 0.1) is 0 Å². The zero-order valence-electron chi connectivity index (χ0n) is 15.0. The summed E-state index contributed by atoms with van der Waals surface area (Å²) in [5, 5.41) is 4.73. The third-order valence-corrected chi connectivity index (χ3v) is 5.02. The maximum absolute atomic E-state index is 12.4. The van der Waals surface area contributed by atoms with E-state index in [2.05, 4.69) is 15.9 Å². The number of likely N-dealkylation sites (tertiary alicyclic amines) is 1. The van der Waals surface area contributed by atoms with E-state index in [0.29, 0.717) is 29.7 Å². The van der Waals surface area contributed by atoms with Crippen LogP contribution < -0.4 is 5.73 Å². The number of nitrogens with zero attached hydrogens (tertiary/aromatic N) is 3. The van der Waals surface area contributed by atoms with Gasteiger partial charge in [0.15, 0.2) is 0 Å². The quantitative estimate of drug-likeness (QED) is 0.751. The zero-order valence-corrected chi connectivity index (χ0v) is 15.7. The summed E-state index contributed by atoms with van der Waals surface area (Å²) in [5.74, 6) is 1.48. The number of unbranched alkanes of at least 4 members (excludes halogenated alkanes) is 2. The van der Waals surface area contributed by atoms with Gasteiger partial charge in [0.05, 0.1) is 12.5 Å². The molecule has 7 heteroatoms. The van der Waals surface area contributed by atoms with Gasteiger partial charge in [-0.2, -0.15) is 4.98 Å². The van der Waals surface area contributed by atoms with Crippen molar-refractivity contribution in [1.82, 2.24) is 15.0 Å². The van der Waals surface area contributed by atoms with Crippen molar-refractivity contribution in [3.05, 3.63) is 35.2 Å². The van der Waals surface area contributed by atoms with Gasteiger partial charge >= 0.3 is 0 Å². The van der Waals surface area contributed by atoms with Crippen LogP contribution in [0.25, 0.3) is 11.4 Å². The van der Waals surface area contributed by atoms with E-state index in [9.17, 15) is 4.79 Å². The molecule has 1 aliphatic heterocycles. The van der Waals surface area contributed by atoms with Gasteiger partial charge in [-0.05, 0) is 44.2 Å². The Hall–Kier alpha value is -1.92. The first-order valence-electron chi connectivity index (χ1n) is 9.34. The molecule has 1 aromatic carbocycles. The van der Waals surface area contributed by atoms with E-state index in [1.54, 1.807) is 0 Å². The molecule has 1 saturated heterocycles. The zero-order chi connectivity index (χ0) is 18.4. The molecule has 0 unspecified atom stereocenters. The Morgan fingerprint density at radius 2 is 2.23 bits per heavy atom. The molecule has 2 heterocycles. The number of carbonyl (C=O) groups is 1. The van der Waals surface area contributed by atoms with Crippen molar-refractivity contribution in [2.24, 2.45) is 0 Å². The highest BCUT2D eigenvalue weighted by atomic mass is 35.5. The Morgan fingerprint density at radius 3 is 3.04 bits per heavy atom. The van der Waals surface area contributed by atoms with Gasteiger partial charge in [0.2, 0.25) is 17.6 Å². The van der Waals surface area contributed by atoms with Crippen molar-refractivity contribution in [2.75, 3.05) is 19.6 Å². The van der Waals surface area contributed by atoms with E-state index < -0.39 is 0 Å². The molecule has 0 radical (unpaired) electrons. The second kappa shape index (κ2) is 9.14. The van der Waals surface area contributed by atoms with Gasteiger partial charge in [-0.1, -0.05) is 28.9 Å². The van der Waals surface area contributed by atoms with Crippen LogP contribution in [-0.2, 0) is 4.79 Å². The first-order chi connectivity index (χ1) is 12.7. The minimum Gasteiger partial charge on any atom is -0.358 e. The minimum absolute atomic E-state index is 0.105. The fourth-order valence-corrected chi connectivity index (χ4v) is 3.53. The van der Waals surface area contributed by atoms with Crippen molar-refractivity contribution in [2.45, 2.75) is 44.4 Å². The number of halogens is 1. The van der Waals surface area contributed by atoms with Crippen molar-refractivity contribution in [3.8, 4) is 11.4 Å². The number of piperidine rings is 1. The summed E-state index contributed by atoms with van der Waals surface area (Å²) >= 11 is 6.03. The van der Waals surface area contributed by atoms with Crippen molar-refractivity contribution >= 4 is 17.5 Å². The van der Waals surface area contributed by atoms with Crippen LogP contribution in [0.3, 0.4) is 0 Å². The highest BCUT2D eigenvalue weighted by molar-refractivity contribution is 6.30. The number of quaternary nitrogens is 1. The smallest absolute Gasteiger partial charge is 0.231 e. The molecule has 0 aliphatic carbocycles. The molecule has 26 heavy (non-hydrogen) atoms. The summed E-state index contributed by atoms with van der Waals surface area (Å²) in [6.45, 7) is 2.41. The predicted molar refractivity (Wildman–Crippen MR) is 99.5 cm³/mol. The molecule has 1 aliphatic rings. The second-order valence-corrected chi connectivity index (χ2v) is 7.25. The first kappa shape index (κ1) is 18.9. The van der Waals surface area contributed by atoms with Gasteiger partial charge in [-0.15, -0.1) is 0 Å². The summed E-state index contributed by atoms with van der Waals surface area (Å²) in [6, 6.07) is 7.40. The molecule has 1 atom stereocenters. The average Bonchev–Trinajstić information content (AvgIpc) is 3.15. The van der Waals surface area contributed by atoms with Crippen molar-refractivity contribution in [1.29, 1.82) is 0 Å². The van der Waals surface area contributed by atoms with Crippen LogP contribution >= 0.6 is 11.6 Å². The molecule has 3 N–H and O–H groups in total. The largest absolute Gasteiger partial charge is 0.358 e. The minimum atomic E-state index is 0.105. The highest BCUT2D eigenvalue weighted by Gasteiger charge is 2.28. The molecule has 3 rings (SSSR count). The standard InChI is InChI=1S/C19H25ClN4O2/c20-16-8-4-6-14(12-16)18-22-19(26-23-18)15-7-5-11-24(13-15)17(25)9-2-1-3-10-21/h4,6,8,12,15H,1-3,5,7,9-11,13,21H2/p+1/t15-/m0/s1. The van der Waals surface area contributed by atoms with E-state index in [-0.39, 0.29) is 11.8 Å². The number of rotatable bonds is 7. The van der Waals surface area contributed by atoms with Crippen LogP contribution in [-0.4, -0.2) is 40.6 Å². The number of amides is 1. The van der Waals surface area contributed by atoms with Crippen LogP contribution in [0.15, 0.2) is 28.8 Å². The van der Waals surface area contributed by atoms with Gasteiger partial charge in [0.25, 0.3) is 0 Å². The summed E-state index contributed by atoms with van der Waals surface area (Å²) in [6.07, 6.45) is 5.63. The molecule has 0 saturated carbocycles. The Morgan fingerprint density at radius 1 is 1.35 bits per heavy atom. The maximum atomic E-state index is 12.4. The van der Waals surface area contributed by atoms with Crippen LogP contribution in [0.1, 0.15) is 50.3 Å². The molecule has 2 aromatic rings. The Bertz CT molecular complexity index is 734.